The second kappa shape index (κ2) is 6.10. The minimum atomic E-state index is -3.30. The number of benzene rings is 2. The van der Waals surface area contributed by atoms with Crippen LogP contribution in [0.1, 0.15) is 17.3 Å². The lowest BCUT2D eigenvalue weighted by Crippen LogP contribution is -2.23. The molecule has 0 amide bonds. The maximum absolute atomic E-state index is 12.2. The van der Waals surface area contributed by atoms with Crippen molar-refractivity contribution in [2.45, 2.75) is 17.9 Å². The van der Waals surface area contributed by atoms with Gasteiger partial charge in [-0.1, -0.05) is 36.4 Å². The van der Waals surface area contributed by atoms with E-state index in [9.17, 15) is 13.2 Å². The Bertz CT molecular complexity index is 736. The summed E-state index contributed by atoms with van der Waals surface area (Å²) in [4.78, 5) is 12.4. The molecular formula is C16H16O4S. The van der Waals surface area contributed by atoms with Gasteiger partial charge in [0.15, 0.2) is 15.9 Å². The largest absolute Gasteiger partial charge is 0.483 e. The fourth-order valence-electron chi connectivity index (χ4n) is 1.87. The molecule has 4 nitrogen and oxygen atoms in total. The van der Waals surface area contributed by atoms with Gasteiger partial charge in [0.05, 0.1) is 4.90 Å². The van der Waals surface area contributed by atoms with Crippen molar-refractivity contribution in [1.29, 1.82) is 0 Å². The van der Waals surface area contributed by atoms with Gasteiger partial charge in [-0.2, -0.15) is 0 Å². The van der Waals surface area contributed by atoms with Crippen molar-refractivity contribution in [2.24, 2.45) is 0 Å². The molecule has 2 aromatic carbocycles. The Morgan fingerprint density at radius 3 is 2.33 bits per heavy atom. The maximum Gasteiger partial charge on any atom is 0.202 e. The molecule has 5 heteroatoms. The van der Waals surface area contributed by atoms with E-state index in [1.165, 1.54) is 12.1 Å². The van der Waals surface area contributed by atoms with Crippen LogP contribution >= 0.6 is 0 Å². The fourth-order valence-corrected chi connectivity index (χ4v) is 2.53. The summed E-state index contributed by atoms with van der Waals surface area (Å²) in [5.41, 5.74) is 0.560. The second-order valence-corrected chi connectivity index (χ2v) is 6.75. The Kier molecular flexibility index (Phi) is 4.43. The van der Waals surface area contributed by atoms with Crippen LogP contribution in [0, 0.1) is 0 Å². The number of hydrogen-bond donors (Lipinski definition) is 0. The summed E-state index contributed by atoms with van der Waals surface area (Å²) in [5, 5.41) is 0. The van der Waals surface area contributed by atoms with Gasteiger partial charge in [-0.3, -0.25) is 4.79 Å². The summed E-state index contributed by atoms with van der Waals surface area (Å²) in [6.07, 6.45) is 0.437. The van der Waals surface area contributed by atoms with Gasteiger partial charge in [0.2, 0.25) is 5.78 Å². The Labute approximate surface area is 124 Å². The molecule has 0 aliphatic rings. The molecule has 0 heterocycles. The standard InChI is InChI=1S/C16H16O4S/c1-12(16(17)13-7-4-3-5-8-13)20-14-9-6-10-15(11-14)21(2,18)19/h3-12H,1-2H3. The van der Waals surface area contributed by atoms with Crippen LogP contribution in [0.2, 0.25) is 0 Å². The Balaban J connectivity index is 2.17. The Hall–Kier alpha value is -2.14. The number of carbonyl (C=O) groups excluding carboxylic acids is 1. The summed E-state index contributed by atoms with van der Waals surface area (Å²) in [5.74, 6) is 0.204. The minimum absolute atomic E-state index is 0.152. The molecule has 0 fully saturated rings. The first-order valence-electron chi connectivity index (χ1n) is 6.44. The molecule has 1 atom stereocenters. The van der Waals surface area contributed by atoms with E-state index in [-0.39, 0.29) is 10.7 Å². The van der Waals surface area contributed by atoms with Crippen molar-refractivity contribution in [1.82, 2.24) is 0 Å². The van der Waals surface area contributed by atoms with Gasteiger partial charge in [0.25, 0.3) is 0 Å². The molecule has 0 radical (unpaired) electrons. The topological polar surface area (TPSA) is 60.4 Å². The molecule has 2 rings (SSSR count). The predicted octanol–water partition coefficient (Wildman–Crippen LogP) is 2.74. The van der Waals surface area contributed by atoms with Gasteiger partial charge in [0.1, 0.15) is 5.75 Å². The van der Waals surface area contributed by atoms with E-state index in [0.29, 0.717) is 11.3 Å². The average Bonchev–Trinajstić information content (AvgIpc) is 2.47. The van der Waals surface area contributed by atoms with Gasteiger partial charge >= 0.3 is 0 Å². The number of sulfone groups is 1. The van der Waals surface area contributed by atoms with Crippen LogP contribution in [0.15, 0.2) is 59.5 Å². The highest BCUT2D eigenvalue weighted by Crippen LogP contribution is 2.19. The van der Waals surface area contributed by atoms with E-state index >= 15 is 0 Å². The van der Waals surface area contributed by atoms with Gasteiger partial charge in [-0.15, -0.1) is 0 Å². The number of ketones is 1. The van der Waals surface area contributed by atoms with E-state index in [2.05, 4.69) is 0 Å². The van der Waals surface area contributed by atoms with Crippen LogP contribution in [0.4, 0.5) is 0 Å². The maximum atomic E-state index is 12.2. The van der Waals surface area contributed by atoms with E-state index in [4.69, 9.17) is 4.74 Å². The third-order valence-corrected chi connectivity index (χ3v) is 4.08. The van der Waals surface area contributed by atoms with Crippen molar-refractivity contribution < 1.29 is 17.9 Å². The van der Waals surface area contributed by atoms with Crippen molar-refractivity contribution in [3.05, 3.63) is 60.2 Å². The summed E-state index contributed by atoms with van der Waals surface area (Å²) in [7, 11) is -3.30. The van der Waals surface area contributed by atoms with E-state index in [1.807, 2.05) is 6.07 Å². The number of rotatable bonds is 5. The summed E-state index contributed by atoms with van der Waals surface area (Å²) in [6, 6.07) is 15.0. The number of ether oxygens (including phenoxy) is 1. The highest BCUT2D eigenvalue weighted by atomic mass is 32.2. The molecule has 0 aromatic heterocycles. The molecule has 0 saturated carbocycles. The van der Waals surface area contributed by atoms with Gasteiger partial charge < -0.3 is 4.74 Å². The average molecular weight is 304 g/mol. The first kappa shape index (κ1) is 15.3. The molecule has 2 aromatic rings. The lowest BCUT2D eigenvalue weighted by atomic mass is 10.1. The zero-order valence-corrected chi connectivity index (χ0v) is 12.6. The molecule has 0 bridgehead atoms. The van der Waals surface area contributed by atoms with Gasteiger partial charge in [0, 0.05) is 11.8 Å². The van der Waals surface area contributed by atoms with Crippen LogP contribution in [0.5, 0.6) is 5.75 Å². The highest BCUT2D eigenvalue weighted by molar-refractivity contribution is 7.90. The number of hydrogen-bond acceptors (Lipinski definition) is 4. The number of Topliss-reactive ketones (excluding diaryl/α,β-unsaturated/α-hetero) is 1. The molecule has 0 aliphatic heterocycles. The van der Waals surface area contributed by atoms with E-state index < -0.39 is 15.9 Å². The first-order valence-corrected chi connectivity index (χ1v) is 8.33. The molecule has 110 valence electrons. The third kappa shape index (κ3) is 3.92. The second-order valence-electron chi connectivity index (χ2n) is 4.74. The number of carbonyl (C=O) groups is 1. The Morgan fingerprint density at radius 1 is 1.05 bits per heavy atom. The van der Waals surface area contributed by atoms with Crippen molar-refractivity contribution in [2.75, 3.05) is 6.26 Å². The summed E-state index contributed by atoms with van der Waals surface area (Å²) in [6.45, 7) is 1.64. The van der Waals surface area contributed by atoms with Crippen molar-refractivity contribution in [3.8, 4) is 5.75 Å². The summed E-state index contributed by atoms with van der Waals surface area (Å²) >= 11 is 0. The van der Waals surface area contributed by atoms with E-state index in [1.54, 1.807) is 43.3 Å². The monoisotopic (exact) mass is 304 g/mol. The zero-order chi connectivity index (χ0) is 15.5. The van der Waals surface area contributed by atoms with E-state index in [0.717, 1.165) is 6.26 Å². The fraction of sp³-hybridized carbons (Fsp3) is 0.188. The predicted molar refractivity (Wildman–Crippen MR) is 80.4 cm³/mol. The minimum Gasteiger partial charge on any atom is -0.483 e. The zero-order valence-electron chi connectivity index (χ0n) is 11.8. The SMILES string of the molecule is CC(Oc1cccc(S(C)(=O)=O)c1)C(=O)c1ccccc1. The Morgan fingerprint density at radius 2 is 1.71 bits per heavy atom. The van der Waals surface area contributed by atoms with Crippen LogP contribution in [0.25, 0.3) is 0 Å². The third-order valence-electron chi connectivity index (χ3n) is 2.97. The molecule has 0 aliphatic carbocycles. The quantitative estimate of drug-likeness (QED) is 0.797. The van der Waals surface area contributed by atoms with Crippen LogP contribution in [0.3, 0.4) is 0 Å². The van der Waals surface area contributed by atoms with Crippen LogP contribution in [-0.4, -0.2) is 26.6 Å². The van der Waals surface area contributed by atoms with Crippen LogP contribution < -0.4 is 4.74 Å². The normalized spacial score (nSPS) is 12.7. The molecule has 21 heavy (non-hydrogen) atoms. The highest BCUT2D eigenvalue weighted by Gasteiger charge is 2.17. The van der Waals surface area contributed by atoms with Crippen molar-refractivity contribution >= 4 is 15.6 Å². The smallest absolute Gasteiger partial charge is 0.202 e. The van der Waals surface area contributed by atoms with Crippen molar-refractivity contribution in [3.63, 3.8) is 0 Å². The molecule has 1 unspecified atom stereocenters. The lowest BCUT2D eigenvalue weighted by molar-refractivity contribution is 0.0818. The molecule has 0 N–H and O–H groups in total. The summed E-state index contributed by atoms with van der Waals surface area (Å²) < 4.78 is 28.6. The molecule has 0 spiro atoms. The molecule has 0 saturated heterocycles. The van der Waals surface area contributed by atoms with Gasteiger partial charge in [-0.25, -0.2) is 8.42 Å². The first-order chi connectivity index (χ1) is 9.88. The van der Waals surface area contributed by atoms with Gasteiger partial charge in [-0.05, 0) is 25.1 Å². The molecular weight excluding hydrogens is 288 g/mol. The lowest BCUT2D eigenvalue weighted by Gasteiger charge is -2.14. The van der Waals surface area contributed by atoms with Crippen LogP contribution in [-0.2, 0) is 9.84 Å².